The second kappa shape index (κ2) is 5.80. The zero-order valence-corrected chi connectivity index (χ0v) is 11.8. The number of amides is 1. The number of halogens is 1. The number of carbonyl (C=O) groups excluding carboxylic acids is 1. The molecule has 0 saturated heterocycles. The van der Waals surface area contributed by atoms with Crippen molar-refractivity contribution in [2.75, 3.05) is 0 Å². The Morgan fingerprint density at radius 1 is 1.58 bits per heavy atom. The molecule has 0 radical (unpaired) electrons. The zero-order valence-electron chi connectivity index (χ0n) is 11.0. The number of fused-ring (bicyclic) bond motifs is 1. The van der Waals surface area contributed by atoms with Crippen molar-refractivity contribution in [3.05, 3.63) is 28.8 Å². The van der Waals surface area contributed by atoms with Crippen molar-refractivity contribution >= 4 is 17.5 Å². The standard InChI is InChI=1S/C14H18ClNO3/c1-8(5-9(2)17)16-14(18)13-7-10-6-11(15)3-4-12(10)19-13/h3-4,6,8-9,13,17H,5,7H2,1-2H3,(H,16,18). The Hall–Kier alpha value is -1.26. The van der Waals surface area contributed by atoms with Crippen LogP contribution < -0.4 is 10.1 Å². The van der Waals surface area contributed by atoms with Crippen LogP contribution in [0.4, 0.5) is 0 Å². The van der Waals surface area contributed by atoms with Crippen LogP contribution in [0.3, 0.4) is 0 Å². The van der Waals surface area contributed by atoms with Crippen LogP contribution in [0.1, 0.15) is 25.8 Å². The van der Waals surface area contributed by atoms with Gasteiger partial charge in [0.05, 0.1) is 6.10 Å². The summed E-state index contributed by atoms with van der Waals surface area (Å²) in [4.78, 5) is 12.0. The maximum atomic E-state index is 12.0. The predicted octanol–water partition coefficient (Wildman–Crippen LogP) is 1.92. The number of ether oxygens (including phenoxy) is 1. The molecule has 0 fully saturated rings. The average Bonchev–Trinajstić information content (AvgIpc) is 2.70. The fourth-order valence-corrected chi connectivity index (χ4v) is 2.46. The monoisotopic (exact) mass is 283 g/mol. The molecule has 4 nitrogen and oxygen atoms in total. The summed E-state index contributed by atoms with van der Waals surface area (Å²) in [6.07, 6.45) is 0.112. The number of benzene rings is 1. The minimum absolute atomic E-state index is 0.0802. The van der Waals surface area contributed by atoms with Crippen molar-refractivity contribution in [1.29, 1.82) is 0 Å². The minimum atomic E-state index is -0.509. The molecule has 1 aliphatic rings. The second-order valence-corrected chi connectivity index (χ2v) is 5.49. The summed E-state index contributed by atoms with van der Waals surface area (Å²) >= 11 is 5.91. The first-order valence-corrected chi connectivity index (χ1v) is 6.77. The van der Waals surface area contributed by atoms with Gasteiger partial charge >= 0.3 is 0 Å². The molecule has 1 aliphatic heterocycles. The van der Waals surface area contributed by atoms with E-state index in [1.54, 1.807) is 19.1 Å². The SMILES string of the molecule is CC(O)CC(C)NC(=O)C1Cc2cc(Cl)ccc2O1. The third kappa shape index (κ3) is 3.61. The molecule has 3 atom stereocenters. The van der Waals surface area contributed by atoms with Crippen molar-refractivity contribution in [3.63, 3.8) is 0 Å². The van der Waals surface area contributed by atoms with Crippen molar-refractivity contribution in [2.24, 2.45) is 0 Å². The van der Waals surface area contributed by atoms with Crippen LogP contribution in [-0.4, -0.2) is 29.3 Å². The Bertz CT molecular complexity index is 476. The van der Waals surface area contributed by atoms with Gasteiger partial charge in [-0.2, -0.15) is 0 Å². The molecule has 1 aromatic rings. The lowest BCUT2D eigenvalue weighted by atomic mass is 10.1. The Morgan fingerprint density at radius 2 is 2.32 bits per heavy atom. The van der Waals surface area contributed by atoms with E-state index in [-0.39, 0.29) is 11.9 Å². The largest absolute Gasteiger partial charge is 0.480 e. The first kappa shape index (κ1) is 14.2. The second-order valence-electron chi connectivity index (χ2n) is 5.06. The van der Waals surface area contributed by atoms with E-state index in [1.165, 1.54) is 0 Å². The van der Waals surface area contributed by atoms with Gasteiger partial charge in [-0.15, -0.1) is 0 Å². The Morgan fingerprint density at radius 3 is 3.00 bits per heavy atom. The lowest BCUT2D eigenvalue weighted by Gasteiger charge is -2.18. The number of rotatable bonds is 4. The predicted molar refractivity (Wildman–Crippen MR) is 73.5 cm³/mol. The third-order valence-electron chi connectivity index (χ3n) is 3.07. The Labute approximate surface area is 117 Å². The van der Waals surface area contributed by atoms with Crippen molar-refractivity contribution in [1.82, 2.24) is 5.32 Å². The lowest BCUT2D eigenvalue weighted by molar-refractivity contribution is -0.128. The molecule has 0 aliphatic carbocycles. The van der Waals surface area contributed by atoms with Gasteiger partial charge in [0.2, 0.25) is 0 Å². The number of aliphatic hydroxyl groups excluding tert-OH is 1. The molecule has 1 aromatic carbocycles. The highest BCUT2D eigenvalue weighted by Crippen LogP contribution is 2.31. The molecule has 19 heavy (non-hydrogen) atoms. The van der Waals surface area contributed by atoms with E-state index in [9.17, 15) is 9.90 Å². The summed E-state index contributed by atoms with van der Waals surface area (Å²) < 4.78 is 5.60. The minimum Gasteiger partial charge on any atom is -0.480 e. The highest BCUT2D eigenvalue weighted by molar-refractivity contribution is 6.30. The van der Waals surface area contributed by atoms with Crippen molar-refractivity contribution in [2.45, 2.75) is 44.9 Å². The summed E-state index contributed by atoms with van der Waals surface area (Å²) in [5.74, 6) is 0.563. The molecule has 104 valence electrons. The van der Waals surface area contributed by atoms with E-state index in [4.69, 9.17) is 16.3 Å². The molecule has 0 spiro atoms. The summed E-state index contributed by atoms with van der Waals surface area (Å²) in [7, 11) is 0. The number of carbonyl (C=O) groups is 1. The first-order chi connectivity index (χ1) is 8.95. The van der Waals surface area contributed by atoms with Crippen molar-refractivity contribution in [3.8, 4) is 5.75 Å². The molecular formula is C14H18ClNO3. The molecule has 0 bridgehead atoms. The van der Waals surface area contributed by atoms with E-state index >= 15 is 0 Å². The number of aliphatic hydroxyl groups is 1. The Kier molecular flexibility index (Phi) is 4.32. The Balaban J connectivity index is 1.93. The van der Waals surface area contributed by atoms with Gasteiger partial charge in [-0.05, 0) is 44.0 Å². The molecule has 1 amide bonds. The molecule has 2 N–H and O–H groups in total. The van der Waals surface area contributed by atoms with Gasteiger partial charge in [0.15, 0.2) is 6.10 Å². The number of nitrogens with one attached hydrogen (secondary N) is 1. The van der Waals surface area contributed by atoms with Gasteiger partial charge < -0.3 is 15.2 Å². The van der Waals surface area contributed by atoms with Gasteiger partial charge in [0, 0.05) is 17.5 Å². The van der Waals surface area contributed by atoms with E-state index in [0.717, 1.165) is 5.56 Å². The summed E-state index contributed by atoms with van der Waals surface area (Å²) in [6.45, 7) is 3.57. The van der Waals surface area contributed by atoms with Crippen LogP contribution in [-0.2, 0) is 11.2 Å². The third-order valence-corrected chi connectivity index (χ3v) is 3.31. The van der Waals surface area contributed by atoms with E-state index in [1.807, 2.05) is 13.0 Å². The van der Waals surface area contributed by atoms with E-state index in [2.05, 4.69) is 5.32 Å². The molecule has 5 heteroatoms. The number of hydrogen-bond donors (Lipinski definition) is 2. The zero-order chi connectivity index (χ0) is 14.0. The normalized spacial score (nSPS) is 20.3. The van der Waals surface area contributed by atoms with E-state index < -0.39 is 12.2 Å². The van der Waals surface area contributed by atoms with Crippen LogP contribution >= 0.6 is 11.6 Å². The molecule has 3 unspecified atom stereocenters. The first-order valence-electron chi connectivity index (χ1n) is 6.39. The van der Waals surface area contributed by atoms with Gasteiger partial charge in [0.25, 0.3) is 5.91 Å². The molecule has 0 saturated carbocycles. The quantitative estimate of drug-likeness (QED) is 0.888. The van der Waals surface area contributed by atoms with Gasteiger partial charge in [-0.3, -0.25) is 4.79 Å². The molecule has 2 rings (SSSR count). The van der Waals surface area contributed by atoms with Gasteiger partial charge in [-0.25, -0.2) is 0 Å². The maximum absolute atomic E-state index is 12.0. The average molecular weight is 284 g/mol. The number of hydrogen-bond acceptors (Lipinski definition) is 3. The summed E-state index contributed by atoms with van der Waals surface area (Å²) in [6, 6.07) is 5.27. The van der Waals surface area contributed by atoms with Crippen LogP contribution in [0, 0.1) is 0 Å². The molecule has 1 heterocycles. The fraction of sp³-hybridized carbons (Fsp3) is 0.500. The lowest BCUT2D eigenvalue weighted by Crippen LogP contribution is -2.43. The van der Waals surface area contributed by atoms with Crippen molar-refractivity contribution < 1.29 is 14.6 Å². The van der Waals surface area contributed by atoms with Crippen LogP contribution in [0.2, 0.25) is 5.02 Å². The smallest absolute Gasteiger partial charge is 0.261 e. The van der Waals surface area contributed by atoms with Gasteiger partial charge in [0.1, 0.15) is 5.75 Å². The maximum Gasteiger partial charge on any atom is 0.261 e. The van der Waals surface area contributed by atoms with Crippen LogP contribution in [0.5, 0.6) is 5.75 Å². The highest BCUT2D eigenvalue weighted by atomic mass is 35.5. The summed E-state index contributed by atoms with van der Waals surface area (Å²) in [5.41, 5.74) is 0.954. The molecular weight excluding hydrogens is 266 g/mol. The highest BCUT2D eigenvalue weighted by Gasteiger charge is 2.29. The van der Waals surface area contributed by atoms with E-state index in [0.29, 0.717) is 23.6 Å². The topological polar surface area (TPSA) is 58.6 Å². The fourth-order valence-electron chi connectivity index (χ4n) is 2.27. The summed E-state index contributed by atoms with van der Waals surface area (Å²) in [5, 5.41) is 12.8. The van der Waals surface area contributed by atoms with Crippen LogP contribution in [0.25, 0.3) is 0 Å². The molecule has 0 aromatic heterocycles. The van der Waals surface area contributed by atoms with Crippen LogP contribution in [0.15, 0.2) is 18.2 Å². The van der Waals surface area contributed by atoms with Gasteiger partial charge in [-0.1, -0.05) is 11.6 Å².